The highest BCUT2D eigenvalue weighted by Crippen LogP contribution is 2.36. The first-order chi connectivity index (χ1) is 14.4. The second-order valence-electron chi connectivity index (χ2n) is 7.07. The number of carbonyl (C=O) groups excluding carboxylic acids is 1. The zero-order chi connectivity index (χ0) is 21.4. The van der Waals surface area contributed by atoms with Gasteiger partial charge in [-0.2, -0.15) is 0 Å². The molecule has 154 valence electrons. The summed E-state index contributed by atoms with van der Waals surface area (Å²) in [5.41, 5.74) is 3.29. The van der Waals surface area contributed by atoms with Crippen molar-refractivity contribution >= 4 is 23.3 Å². The van der Waals surface area contributed by atoms with Gasteiger partial charge >= 0.3 is 5.97 Å². The van der Waals surface area contributed by atoms with Crippen molar-refractivity contribution in [3.63, 3.8) is 0 Å². The number of rotatable bonds is 4. The van der Waals surface area contributed by atoms with Crippen LogP contribution in [0.2, 0.25) is 5.02 Å². The normalized spacial score (nSPS) is 16.0. The molecule has 0 aliphatic carbocycles. The molecule has 2 heterocycles. The van der Waals surface area contributed by atoms with E-state index in [2.05, 4.69) is 10.2 Å². The minimum atomic E-state index is -0.581. The molecule has 0 amide bonds. The zero-order valence-corrected chi connectivity index (χ0v) is 17.8. The van der Waals surface area contributed by atoms with E-state index in [-0.39, 0.29) is 5.97 Å². The summed E-state index contributed by atoms with van der Waals surface area (Å²) in [5.74, 6) is 1.06. The molecule has 0 N–H and O–H groups in total. The van der Waals surface area contributed by atoms with Gasteiger partial charge in [-0.1, -0.05) is 23.7 Å². The summed E-state index contributed by atoms with van der Waals surface area (Å²) in [5, 5.41) is 9.25. The summed E-state index contributed by atoms with van der Waals surface area (Å²) < 4.78 is 12.4. The minimum Gasteiger partial charge on any atom is -0.497 e. The highest BCUT2D eigenvalue weighted by Gasteiger charge is 2.35. The topological polar surface area (TPSA) is 78.6 Å². The van der Waals surface area contributed by atoms with Crippen LogP contribution in [0.25, 0.3) is 5.69 Å². The fraction of sp³-hybridized carbons (Fsp3) is 0.273. The SMILES string of the molecule is COC(=O)[C@@H](C)[C@@H]1N=C(c2ccc(Cl)cc2)c2cc(OC)ccc2-n2c(C)nnc21. The summed E-state index contributed by atoms with van der Waals surface area (Å²) >= 11 is 6.10. The Hall–Kier alpha value is -3.19. The van der Waals surface area contributed by atoms with Crippen molar-refractivity contribution in [2.24, 2.45) is 10.9 Å². The third-order valence-electron chi connectivity index (χ3n) is 5.25. The van der Waals surface area contributed by atoms with Crippen molar-refractivity contribution in [2.45, 2.75) is 19.9 Å². The van der Waals surface area contributed by atoms with Crippen LogP contribution in [0.1, 0.15) is 35.7 Å². The predicted octanol–water partition coefficient (Wildman–Crippen LogP) is 3.94. The van der Waals surface area contributed by atoms with Crippen molar-refractivity contribution in [1.82, 2.24) is 14.8 Å². The highest BCUT2D eigenvalue weighted by molar-refractivity contribution is 6.30. The van der Waals surface area contributed by atoms with E-state index >= 15 is 0 Å². The van der Waals surface area contributed by atoms with Gasteiger partial charge in [0.25, 0.3) is 0 Å². The number of hydrogen-bond donors (Lipinski definition) is 0. The third kappa shape index (κ3) is 3.35. The molecule has 1 aliphatic heterocycles. The van der Waals surface area contributed by atoms with Crippen molar-refractivity contribution in [3.8, 4) is 11.4 Å². The first kappa shape index (κ1) is 20.1. The average Bonchev–Trinajstić information content (AvgIpc) is 3.07. The number of halogens is 1. The first-order valence-corrected chi connectivity index (χ1v) is 9.84. The number of esters is 1. The Balaban J connectivity index is 2.03. The summed E-state index contributed by atoms with van der Waals surface area (Å²) in [4.78, 5) is 17.4. The molecule has 0 spiro atoms. The van der Waals surface area contributed by atoms with Crippen LogP contribution in [0.3, 0.4) is 0 Å². The van der Waals surface area contributed by atoms with E-state index in [0.29, 0.717) is 28.1 Å². The molecule has 1 aromatic heterocycles. The molecule has 0 saturated carbocycles. The number of hydrogen-bond acceptors (Lipinski definition) is 6. The lowest BCUT2D eigenvalue weighted by molar-refractivity contribution is -0.145. The monoisotopic (exact) mass is 424 g/mol. The van der Waals surface area contributed by atoms with Crippen molar-refractivity contribution in [2.75, 3.05) is 14.2 Å². The maximum Gasteiger partial charge on any atom is 0.311 e. The molecule has 7 nitrogen and oxygen atoms in total. The minimum absolute atomic E-state index is 0.366. The number of carbonyl (C=O) groups is 1. The second-order valence-corrected chi connectivity index (χ2v) is 7.50. The molecular formula is C22H21ClN4O3. The van der Waals surface area contributed by atoms with Crippen LogP contribution in [0.4, 0.5) is 0 Å². The summed E-state index contributed by atoms with van der Waals surface area (Å²) in [6.45, 7) is 3.65. The Bertz CT molecular complexity index is 1140. The number of nitrogens with zero attached hydrogens (tertiary/aromatic N) is 4. The Morgan fingerprint density at radius 3 is 2.53 bits per heavy atom. The number of benzene rings is 2. The van der Waals surface area contributed by atoms with Crippen LogP contribution in [0.15, 0.2) is 47.5 Å². The fourth-order valence-electron chi connectivity index (χ4n) is 3.65. The van der Waals surface area contributed by atoms with Crippen LogP contribution in [-0.2, 0) is 9.53 Å². The van der Waals surface area contributed by atoms with E-state index in [1.165, 1.54) is 7.11 Å². The Morgan fingerprint density at radius 1 is 1.13 bits per heavy atom. The summed E-state index contributed by atoms with van der Waals surface area (Å²) in [6.07, 6.45) is 0. The number of aromatic nitrogens is 3. The van der Waals surface area contributed by atoms with Gasteiger partial charge in [0.2, 0.25) is 0 Å². The zero-order valence-electron chi connectivity index (χ0n) is 17.1. The van der Waals surface area contributed by atoms with Crippen LogP contribution in [-0.4, -0.2) is 40.7 Å². The van der Waals surface area contributed by atoms with E-state index < -0.39 is 12.0 Å². The van der Waals surface area contributed by atoms with Gasteiger partial charge in [0.1, 0.15) is 17.6 Å². The maximum atomic E-state index is 12.4. The molecule has 0 radical (unpaired) electrons. The molecule has 0 bridgehead atoms. The molecule has 2 atom stereocenters. The standard InChI is InChI=1S/C22H21ClN4O3/c1-12(22(28)30-4)19-21-26-25-13(2)27(21)18-10-9-16(29-3)11-17(18)20(24-19)14-5-7-15(23)8-6-14/h5-12,19H,1-4H3/t12-,19-/m0/s1. The van der Waals surface area contributed by atoms with Gasteiger partial charge in [-0.25, -0.2) is 0 Å². The number of aryl methyl sites for hydroxylation is 1. The molecule has 0 unspecified atom stereocenters. The van der Waals surface area contributed by atoms with Gasteiger partial charge < -0.3 is 9.47 Å². The van der Waals surface area contributed by atoms with Crippen molar-refractivity contribution in [1.29, 1.82) is 0 Å². The molecular weight excluding hydrogens is 404 g/mol. The Kier molecular flexibility index (Phi) is 5.30. The van der Waals surface area contributed by atoms with E-state index in [4.69, 9.17) is 26.1 Å². The van der Waals surface area contributed by atoms with Crippen LogP contribution in [0, 0.1) is 12.8 Å². The van der Waals surface area contributed by atoms with E-state index in [9.17, 15) is 4.79 Å². The molecule has 8 heteroatoms. The first-order valence-electron chi connectivity index (χ1n) is 9.47. The third-order valence-corrected chi connectivity index (χ3v) is 5.50. The molecule has 4 rings (SSSR count). The molecule has 2 aromatic carbocycles. The molecule has 1 aliphatic rings. The Labute approximate surface area is 179 Å². The smallest absolute Gasteiger partial charge is 0.311 e. The number of aliphatic imine (C=N–C) groups is 1. The summed E-state index contributed by atoms with van der Waals surface area (Å²) in [6, 6.07) is 12.6. The van der Waals surface area contributed by atoms with Crippen LogP contribution in [0.5, 0.6) is 5.75 Å². The lowest BCUT2D eigenvalue weighted by Crippen LogP contribution is -2.22. The van der Waals surface area contributed by atoms with Crippen LogP contribution >= 0.6 is 11.6 Å². The van der Waals surface area contributed by atoms with Gasteiger partial charge in [0.05, 0.1) is 31.5 Å². The molecule has 30 heavy (non-hydrogen) atoms. The molecule has 0 saturated heterocycles. The lowest BCUT2D eigenvalue weighted by atomic mass is 9.99. The average molecular weight is 425 g/mol. The van der Waals surface area contributed by atoms with Gasteiger partial charge in [0, 0.05) is 16.1 Å². The largest absolute Gasteiger partial charge is 0.497 e. The molecule has 3 aromatic rings. The van der Waals surface area contributed by atoms with Crippen molar-refractivity contribution < 1.29 is 14.3 Å². The van der Waals surface area contributed by atoms with Gasteiger partial charge in [-0.3, -0.25) is 14.4 Å². The fourth-order valence-corrected chi connectivity index (χ4v) is 3.78. The molecule has 0 fully saturated rings. The van der Waals surface area contributed by atoms with Gasteiger partial charge in [-0.05, 0) is 44.2 Å². The second kappa shape index (κ2) is 7.91. The Morgan fingerprint density at radius 2 is 1.87 bits per heavy atom. The number of ether oxygens (including phenoxy) is 2. The van der Waals surface area contributed by atoms with Crippen LogP contribution < -0.4 is 4.74 Å². The van der Waals surface area contributed by atoms with E-state index in [1.54, 1.807) is 14.0 Å². The maximum absolute atomic E-state index is 12.4. The highest BCUT2D eigenvalue weighted by atomic mass is 35.5. The van der Waals surface area contributed by atoms with E-state index in [0.717, 1.165) is 16.8 Å². The van der Waals surface area contributed by atoms with Gasteiger partial charge in [0.15, 0.2) is 5.82 Å². The van der Waals surface area contributed by atoms with E-state index in [1.807, 2.05) is 54.0 Å². The predicted molar refractivity (Wildman–Crippen MR) is 114 cm³/mol. The number of methoxy groups -OCH3 is 2. The van der Waals surface area contributed by atoms with Crippen molar-refractivity contribution in [3.05, 3.63) is 70.3 Å². The quantitative estimate of drug-likeness (QED) is 0.593. The number of fused-ring (bicyclic) bond motifs is 3. The summed E-state index contributed by atoms with van der Waals surface area (Å²) in [7, 11) is 2.99. The van der Waals surface area contributed by atoms with Gasteiger partial charge in [-0.15, -0.1) is 10.2 Å². The lowest BCUT2D eigenvalue weighted by Gasteiger charge is -2.17.